The minimum Gasteiger partial charge on any atom is -0.395 e. The molecule has 2 aliphatic heterocycles. The number of carbonyl (C=O) groups is 1. The molecule has 0 bridgehead atoms. The van der Waals surface area contributed by atoms with Crippen LogP contribution in [0.25, 0.3) is 17.0 Å². The topological polar surface area (TPSA) is 82.8 Å². The summed E-state index contributed by atoms with van der Waals surface area (Å²) in [5.41, 5.74) is 1.52. The van der Waals surface area contributed by atoms with Crippen LogP contribution < -0.4 is 5.32 Å². The van der Waals surface area contributed by atoms with Crippen molar-refractivity contribution in [2.24, 2.45) is 4.99 Å². The molecular weight excluding hydrogens is 503 g/mol. The van der Waals surface area contributed by atoms with Crippen LogP contribution in [0.1, 0.15) is 28.7 Å². The minimum atomic E-state index is -4.45. The first-order valence-electron chi connectivity index (χ1n) is 11.8. The highest BCUT2D eigenvalue weighted by Crippen LogP contribution is 2.34. The number of amidine groups is 1. The third-order valence-electron chi connectivity index (χ3n) is 6.73. The van der Waals surface area contributed by atoms with Crippen LogP contribution in [0, 0.1) is 6.92 Å². The Hall–Kier alpha value is -3.15. The fourth-order valence-corrected chi connectivity index (χ4v) is 5.61. The maximum absolute atomic E-state index is 13.6. The van der Waals surface area contributed by atoms with Crippen molar-refractivity contribution in [3.8, 4) is 0 Å². The van der Waals surface area contributed by atoms with E-state index in [4.69, 9.17) is 0 Å². The van der Waals surface area contributed by atoms with Crippen molar-refractivity contribution in [1.82, 2.24) is 20.0 Å². The number of nitrogens with one attached hydrogen (secondary N) is 1. The molecule has 0 saturated carbocycles. The van der Waals surface area contributed by atoms with Gasteiger partial charge < -0.3 is 15.3 Å². The van der Waals surface area contributed by atoms with Crippen molar-refractivity contribution in [3.63, 3.8) is 0 Å². The first kappa shape index (κ1) is 25.5. The normalized spacial score (nSPS) is 21.3. The number of aliphatic imine (C=N–C) groups is 1. The Kier molecular flexibility index (Phi) is 6.86. The van der Waals surface area contributed by atoms with Gasteiger partial charge in [-0.2, -0.15) is 23.3 Å². The van der Waals surface area contributed by atoms with Gasteiger partial charge in [0.05, 0.1) is 35.3 Å². The number of aromatic nitrogens is 2. The lowest BCUT2D eigenvalue weighted by molar-refractivity contribution is -0.138. The number of carbonyl (C=O) groups excluding carboxylic acids is 1. The van der Waals surface area contributed by atoms with Gasteiger partial charge in [-0.05, 0) is 60.5 Å². The maximum Gasteiger partial charge on any atom is 0.416 e. The molecule has 1 aromatic heterocycles. The molecule has 1 amide bonds. The lowest BCUT2D eigenvalue weighted by Gasteiger charge is -2.24. The summed E-state index contributed by atoms with van der Waals surface area (Å²) in [6.45, 7) is 2.41. The molecule has 2 atom stereocenters. The van der Waals surface area contributed by atoms with Crippen molar-refractivity contribution in [3.05, 3.63) is 69.8 Å². The summed E-state index contributed by atoms with van der Waals surface area (Å²) < 4.78 is 42.2. The molecule has 1 fully saturated rings. The van der Waals surface area contributed by atoms with E-state index >= 15 is 0 Å². The van der Waals surface area contributed by atoms with Crippen molar-refractivity contribution >= 4 is 39.8 Å². The van der Waals surface area contributed by atoms with Gasteiger partial charge in [0.25, 0.3) is 5.91 Å². The van der Waals surface area contributed by atoms with E-state index in [1.54, 1.807) is 36.0 Å². The van der Waals surface area contributed by atoms with E-state index in [0.29, 0.717) is 27.7 Å². The Bertz CT molecular complexity index is 1410. The van der Waals surface area contributed by atoms with Crippen LogP contribution in [0.2, 0.25) is 0 Å². The van der Waals surface area contributed by atoms with E-state index in [0.717, 1.165) is 23.4 Å². The number of halogens is 3. The van der Waals surface area contributed by atoms with Crippen molar-refractivity contribution in [2.75, 3.05) is 20.2 Å². The Morgan fingerprint density at radius 3 is 2.81 bits per heavy atom. The smallest absolute Gasteiger partial charge is 0.395 e. The molecule has 1 saturated heterocycles. The van der Waals surface area contributed by atoms with E-state index < -0.39 is 11.7 Å². The van der Waals surface area contributed by atoms with Gasteiger partial charge in [0, 0.05) is 31.1 Å². The fraction of sp³-hybridized carbons (Fsp3) is 0.346. The molecule has 7 nitrogen and oxygen atoms in total. The minimum absolute atomic E-state index is 0.00983. The number of nitrogens with zero attached hydrogens (tertiary/aromatic N) is 4. The molecule has 0 spiro atoms. The van der Waals surface area contributed by atoms with Crippen LogP contribution >= 0.6 is 11.8 Å². The molecule has 2 aromatic carbocycles. The Morgan fingerprint density at radius 1 is 1.27 bits per heavy atom. The number of thioether (sulfide) groups is 1. The molecule has 37 heavy (non-hydrogen) atoms. The third-order valence-corrected chi connectivity index (χ3v) is 7.81. The molecular formula is C26H26F3N5O2S. The fourth-order valence-electron chi connectivity index (χ4n) is 4.66. The molecule has 194 valence electrons. The highest BCUT2D eigenvalue weighted by molar-refractivity contribution is 8.18. The predicted octanol–water partition coefficient (Wildman–Crippen LogP) is 4.04. The number of rotatable bonds is 5. The molecule has 2 N–H and O–H groups in total. The molecule has 5 rings (SSSR count). The molecule has 0 aliphatic carbocycles. The summed E-state index contributed by atoms with van der Waals surface area (Å²) >= 11 is 1.30. The van der Waals surface area contributed by atoms with Crippen molar-refractivity contribution in [1.29, 1.82) is 0 Å². The number of aliphatic hydroxyl groups excluding tert-OH is 1. The van der Waals surface area contributed by atoms with E-state index in [1.807, 2.05) is 24.1 Å². The second kappa shape index (κ2) is 9.96. The summed E-state index contributed by atoms with van der Waals surface area (Å²) in [4.78, 5) is 19.2. The number of hydrogen-bond acceptors (Lipinski definition) is 6. The van der Waals surface area contributed by atoms with Crippen LogP contribution in [-0.2, 0) is 17.5 Å². The van der Waals surface area contributed by atoms with Gasteiger partial charge in [0.2, 0.25) is 0 Å². The largest absolute Gasteiger partial charge is 0.416 e. The number of likely N-dealkylation sites (N-methyl/N-ethyl adjacent to an activating group) is 1. The Labute approximate surface area is 216 Å². The number of amides is 1. The van der Waals surface area contributed by atoms with E-state index in [9.17, 15) is 23.1 Å². The van der Waals surface area contributed by atoms with Gasteiger partial charge in [0.1, 0.15) is 0 Å². The summed E-state index contributed by atoms with van der Waals surface area (Å²) in [6.07, 6.45) is -0.297. The van der Waals surface area contributed by atoms with E-state index in [-0.39, 0.29) is 36.7 Å². The molecule has 2 aliphatic rings. The van der Waals surface area contributed by atoms with E-state index in [1.165, 1.54) is 17.8 Å². The number of alkyl halides is 3. The maximum atomic E-state index is 13.6. The van der Waals surface area contributed by atoms with Crippen molar-refractivity contribution in [2.45, 2.75) is 38.1 Å². The van der Waals surface area contributed by atoms with Crippen LogP contribution in [0.4, 0.5) is 13.2 Å². The number of aliphatic hydroxyl groups is 1. The summed E-state index contributed by atoms with van der Waals surface area (Å²) in [5.74, 6) is -0.314. The molecule has 0 radical (unpaired) electrons. The second-order valence-electron chi connectivity index (χ2n) is 9.38. The van der Waals surface area contributed by atoms with Gasteiger partial charge >= 0.3 is 6.18 Å². The highest BCUT2D eigenvalue weighted by atomic mass is 32.2. The van der Waals surface area contributed by atoms with Crippen LogP contribution in [-0.4, -0.2) is 63.1 Å². The zero-order valence-electron chi connectivity index (χ0n) is 20.3. The van der Waals surface area contributed by atoms with Gasteiger partial charge in [-0.25, -0.2) is 0 Å². The zero-order valence-corrected chi connectivity index (χ0v) is 21.1. The SMILES string of the molecule is Cc1ccc(Cn2ncc3cc(/C=C4\SC(N(C)C5CN[C@H](CO)C5)=NC4=O)ccc32)c(C(F)(F)F)c1. The third kappa shape index (κ3) is 5.29. The Balaban J connectivity index is 1.33. The molecule has 11 heteroatoms. The Morgan fingerprint density at radius 2 is 2.08 bits per heavy atom. The molecule has 1 unspecified atom stereocenters. The van der Waals surface area contributed by atoms with Gasteiger partial charge in [-0.3, -0.25) is 9.48 Å². The second-order valence-corrected chi connectivity index (χ2v) is 10.4. The predicted molar refractivity (Wildman–Crippen MR) is 138 cm³/mol. The lowest BCUT2D eigenvalue weighted by Crippen LogP contribution is -2.36. The lowest BCUT2D eigenvalue weighted by atomic mass is 10.0. The standard InChI is InChI=1S/C26H26F3N5O2S/c1-15-3-5-17(21(7-15)26(27,28)29)13-34-22-6-4-16(8-18(22)11-31-34)9-23-24(36)32-25(37-23)33(2)20-10-19(14-35)30-12-20/h3-9,11,19-20,30,35H,10,12-14H2,1-2H3/b23-9-/t19-,20?/m0/s1. The van der Waals surface area contributed by atoms with Gasteiger partial charge in [-0.1, -0.05) is 23.8 Å². The first-order valence-corrected chi connectivity index (χ1v) is 12.7. The van der Waals surface area contributed by atoms with Gasteiger partial charge in [0.15, 0.2) is 5.17 Å². The average Bonchev–Trinajstić information content (AvgIpc) is 3.58. The molecule has 3 heterocycles. The van der Waals surface area contributed by atoms with Gasteiger partial charge in [-0.15, -0.1) is 0 Å². The quantitative estimate of drug-likeness (QED) is 0.486. The summed E-state index contributed by atoms with van der Waals surface area (Å²) in [6, 6.07) is 9.97. The average molecular weight is 530 g/mol. The van der Waals surface area contributed by atoms with Crippen LogP contribution in [0.15, 0.2) is 52.5 Å². The highest BCUT2D eigenvalue weighted by Gasteiger charge is 2.34. The number of hydrogen-bond donors (Lipinski definition) is 2. The summed E-state index contributed by atoms with van der Waals surface area (Å²) in [5, 5.41) is 18.3. The zero-order chi connectivity index (χ0) is 26.3. The number of benzene rings is 2. The summed E-state index contributed by atoms with van der Waals surface area (Å²) in [7, 11) is 1.90. The van der Waals surface area contributed by atoms with Crippen LogP contribution in [0.5, 0.6) is 0 Å². The monoisotopic (exact) mass is 529 g/mol. The van der Waals surface area contributed by atoms with Crippen molar-refractivity contribution < 1.29 is 23.1 Å². The molecule has 3 aromatic rings. The number of aryl methyl sites for hydroxylation is 1. The number of fused-ring (bicyclic) bond motifs is 1. The van der Waals surface area contributed by atoms with Crippen LogP contribution in [0.3, 0.4) is 0 Å². The van der Waals surface area contributed by atoms with E-state index in [2.05, 4.69) is 15.4 Å². The first-order chi connectivity index (χ1) is 17.6.